The second kappa shape index (κ2) is 9.93. The van der Waals surface area contributed by atoms with Gasteiger partial charge >= 0.3 is 6.18 Å². The van der Waals surface area contributed by atoms with E-state index in [0.717, 1.165) is 43.7 Å². The minimum Gasteiger partial charge on any atom is -0.380 e. The monoisotopic (exact) mass is 582 g/mol. The number of nitrogens with one attached hydrogen (secondary N) is 2. The van der Waals surface area contributed by atoms with Crippen LogP contribution >= 0.6 is 0 Å². The lowest BCUT2D eigenvalue weighted by Crippen LogP contribution is -2.35. The van der Waals surface area contributed by atoms with Gasteiger partial charge in [0.05, 0.1) is 24.8 Å². The van der Waals surface area contributed by atoms with Crippen molar-refractivity contribution in [2.24, 2.45) is 5.41 Å². The van der Waals surface area contributed by atoms with Crippen molar-refractivity contribution in [3.05, 3.63) is 77.2 Å². The molecule has 0 saturated heterocycles. The minimum absolute atomic E-state index is 0.00649. The first kappa shape index (κ1) is 26.6. The van der Waals surface area contributed by atoms with Crippen molar-refractivity contribution in [1.29, 1.82) is 5.26 Å². The van der Waals surface area contributed by atoms with Crippen molar-refractivity contribution < 1.29 is 23.3 Å². The largest absolute Gasteiger partial charge is 0.413 e. The van der Waals surface area contributed by atoms with Gasteiger partial charge in [0.1, 0.15) is 23.1 Å². The lowest BCUT2D eigenvalue weighted by Gasteiger charge is -2.29. The van der Waals surface area contributed by atoms with E-state index >= 15 is 4.39 Å². The first-order valence-corrected chi connectivity index (χ1v) is 13.6. The minimum atomic E-state index is -4.57. The van der Waals surface area contributed by atoms with E-state index in [4.69, 9.17) is 0 Å². The van der Waals surface area contributed by atoms with Crippen LogP contribution in [0.5, 0.6) is 0 Å². The summed E-state index contributed by atoms with van der Waals surface area (Å²) in [6, 6.07) is 7.49. The Kier molecular flexibility index (Phi) is 6.29. The van der Waals surface area contributed by atoms with E-state index in [0.29, 0.717) is 15.8 Å². The van der Waals surface area contributed by atoms with E-state index in [9.17, 15) is 24.2 Å². The van der Waals surface area contributed by atoms with Gasteiger partial charge in [0.2, 0.25) is 0 Å². The Morgan fingerprint density at radius 3 is 2.50 bits per heavy atom. The van der Waals surface area contributed by atoms with Crippen molar-refractivity contribution in [2.45, 2.75) is 69.7 Å². The van der Waals surface area contributed by atoms with Crippen molar-refractivity contribution in [2.75, 3.05) is 10.6 Å². The number of fused-ring (bicyclic) bond motifs is 1. The maximum absolute atomic E-state index is 15.6. The van der Waals surface area contributed by atoms with E-state index in [1.165, 1.54) is 24.4 Å². The number of alkyl halides is 3. The zero-order chi connectivity index (χ0) is 30.8. The van der Waals surface area contributed by atoms with Gasteiger partial charge in [-0.1, -0.05) is 37.6 Å². The summed E-state index contributed by atoms with van der Waals surface area (Å²) in [4.78, 5) is 4.16. The Morgan fingerprint density at radius 2 is 1.88 bits per heavy atom. The molecule has 12 heteroatoms. The standard InChI is InChI=1S/C30H28F5N7/c1-28(2)9-3-4-24(28)39-25-18(14-36)15-37-27-21(25)12-20(13-22(27)32)38-26(17-5-7-19(31)8-6-17)23-16-42(41-40-23)29(10-11-29)30(33,34)35/h5-8,12-13,15-16,24,26,38H,3-4,9-11H2,1-2H3,(H,37,39)/t24?,26-/m1/s1/i26D. The molecule has 0 spiro atoms. The van der Waals surface area contributed by atoms with Gasteiger partial charge in [-0.25, -0.2) is 13.5 Å². The molecule has 2 N–H and O–H groups in total. The summed E-state index contributed by atoms with van der Waals surface area (Å²) >= 11 is 0. The fourth-order valence-electron chi connectivity index (χ4n) is 5.73. The summed E-state index contributed by atoms with van der Waals surface area (Å²) < 4.78 is 81.0. The third-order valence-corrected chi connectivity index (χ3v) is 8.46. The van der Waals surface area contributed by atoms with Gasteiger partial charge in [0.15, 0.2) is 11.4 Å². The topological polar surface area (TPSA) is 91.5 Å². The number of nitrogens with zero attached hydrogens (tertiary/aromatic N) is 5. The molecule has 6 rings (SSSR count). The van der Waals surface area contributed by atoms with Crippen LogP contribution in [0.25, 0.3) is 10.9 Å². The molecule has 2 saturated carbocycles. The van der Waals surface area contributed by atoms with Crippen LogP contribution in [0.2, 0.25) is 0 Å². The molecule has 2 aromatic carbocycles. The molecular formula is C30H28F5N7. The maximum atomic E-state index is 15.6. The molecule has 218 valence electrons. The van der Waals surface area contributed by atoms with Gasteiger partial charge < -0.3 is 10.6 Å². The number of hydrogen-bond acceptors (Lipinski definition) is 6. The highest BCUT2D eigenvalue weighted by molar-refractivity contribution is 5.96. The highest BCUT2D eigenvalue weighted by Crippen LogP contribution is 2.55. The zero-order valence-electron chi connectivity index (χ0n) is 23.9. The molecule has 0 amide bonds. The molecule has 0 radical (unpaired) electrons. The molecule has 2 aliphatic rings. The second-order valence-electron chi connectivity index (χ2n) is 11.7. The Labute approximate surface area is 240 Å². The third-order valence-electron chi connectivity index (χ3n) is 8.46. The van der Waals surface area contributed by atoms with E-state index in [1.807, 2.05) is 0 Å². The average molecular weight is 583 g/mol. The smallest absolute Gasteiger partial charge is 0.380 e. The fourth-order valence-corrected chi connectivity index (χ4v) is 5.73. The number of nitriles is 1. The van der Waals surface area contributed by atoms with Crippen molar-refractivity contribution in [1.82, 2.24) is 20.0 Å². The van der Waals surface area contributed by atoms with Crippen LogP contribution in [0.4, 0.5) is 33.3 Å². The first-order valence-electron chi connectivity index (χ1n) is 14.1. The second-order valence-corrected chi connectivity index (χ2v) is 11.7. The predicted octanol–water partition coefficient (Wildman–Crippen LogP) is 7.22. The van der Waals surface area contributed by atoms with Crippen LogP contribution in [-0.4, -0.2) is 32.2 Å². The number of benzene rings is 2. The van der Waals surface area contributed by atoms with Crippen LogP contribution in [-0.2, 0) is 5.54 Å². The molecular weight excluding hydrogens is 553 g/mol. The summed E-state index contributed by atoms with van der Waals surface area (Å²) in [5.41, 5.74) is -1.65. The van der Waals surface area contributed by atoms with Gasteiger partial charge in [-0.2, -0.15) is 18.4 Å². The molecule has 2 heterocycles. The SMILES string of the molecule is [2H][C@@](Nc1cc(F)c2ncc(C#N)c(NC3CCCC3(C)C)c2c1)(c1ccc(F)cc1)c1cn(C2(C(F)(F)F)CC2)nn1. The van der Waals surface area contributed by atoms with Gasteiger partial charge in [0, 0.05) is 23.3 Å². The van der Waals surface area contributed by atoms with Crippen LogP contribution in [0, 0.1) is 28.4 Å². The third kappa shape index (κ3) is 4.80. The average Bonchev–Trinajstić information content (AvgIpc) is 3.50. The molecule has 2 fully saturated rings. The molecule has 2 aromatic heterocycles. The van der Waals surface area contributed by atoms with Gasteiger partial charge in [-0.3, -0.25) is 4.98 Å². The lowest BCUT2D eigenvalue weighted by molar-refractivity contribution is -0.182. The first-order chi connectivity index (χ1) is 20.3. The zero-order valence-corrected chi connectivity index (χ0v) is 22.9. The molecule has 42 heavy (non-hydrogen) atoms. The summed E-state index contributed by atoms with van der Waals surface area (Å²) in [5, 5.41) is 24.2. The van der Waals surface area contributed by atoms with Gasteiger partial charge in [-0.15, -0.1) is 5.10 Å². The molecule has 4 aromatic rings. The summed E-state index contributed by atoms with van der Waals surface area (Å²) in [6.07, 6.45) is 0.262. The number of pyridine rings is 1. The van der Waals surface area contributed by atoms with Crippen molar-refractivity contribution in [3.63, 3.8) is 0 Å². The normalized spacial score (nSPS) is 20.9. The Balaban J connectivity index is 1.46. The van der Waals surface area contributed by atoms with Crippen LogP contribution < -0.4 is 10.6 Å². The summed E-state index contributed by atoms with van der Waals surface area (Å²) in [6.45, 7) is 4.24. The Hall–Kier alpha value is -4.27. The molecule has 0 aliphatic heterocycles. The summed E-state index contributed by atoms with van der Waals surface area (Å²) in [7, 11) is 0. The van der Waals surface area contributed by atoms with E-state index in [1.54, 1.807) is 0 Å². The number of hydrogen-bond donors (Lipinski definition) is 2. The van der Waals surface area contributed by atoms with Crippen LogP contribution in [0.1, 0.15) is 70.2 Å². The van der Waals surface area contributed by atoms with Gasteiger partial charge in [-0.05, 0) is 60.9 Å². The highest BCUT2D eigenvalue weighted by atomic mass is 19.4. The van der Waals surface area contributed by atoms with Crippen molar-refractivity contribution in [3.8, 4) is 6.07 Å². The molecule has 7 nitrogen and oxygen atoms in total. The number of halogens is 5. The summed E-state index contributed by atoms with van der Waals surface area (Å²) in [5.74, 6) is -1.32. The van der Waals surface area contributed by atoms with E-state index in [-0.39, 0.29) is 52.3 Å². The maximum Gasteiger partial charge on any atom is 0.413 e. The molecule has 2 atom stereocenters. The van der Waals surface area contributed by atoms with Gasteiger partial charge in [0.25, 0.3) is 0 Å². The fraction of sp³-hybridized carbons (Fsp3) is 0.400. The quantitative estimate of drug-likeness (QED) is 0.224. The number of rotatable bonds is 7. The molecule has 1 unspecified atom stereocenters. The molecule has 0 bridgehead atoms. The highest BCUT2D eigenvalue weighted by Gasteiger charge is 2.66. The Morgan fingerprint density at radius 1 is 1.14 bits per heavy atom. The lowest BCUT2D eigenvalue weighted by atomic mass is 9.87. The number of anilines is 2. The van der Waals surface area contributed by atoms with E-state index < -0.39 is 29.4 Å². The van der Waals surface area contributed by atoms with Crippen LogP contribution in [0.15, 0.2) is 48.8 Å². The predicted molar refractivity (Wildman–Crippen MR) is 147 cm³/mol. The Bertz CT molecular complexity index is 1740. The van der Waals surface area contributed by atoms with Crippen molar-refractivity contribution >= 4 is 22.3 Å². The van der Waals surface area contributed by atoms with Crippen LogP contribution in [0.3, 0.4) is 0 Å². The number of aromatic nitrogens is 4. The molecule has 2 aliphatic carbocycles. The van der Waals surface area contributed by atoms with E-state index in [2.05, 4.69) is 45.8 Å².